The minimum Gasteiger partial charge on any atom is -0.460 e. The number of rotatable bonds is 6. The van der Waals surface area contributed by atoms with Crippen molar-refractivity contribution in [3.8, 4) is 0 Å². The minimum atomic E-state index is -1.36. The summed E-state index contributed by atoms with van der Waals surface area (Å²) in [6.07, 6.45) is 0. The number of hydrogen-bond acceptors (Lipinski definition) is 6. The van der Waals surface area contributed by atoms with Crippen LogP contribution in [-0.4, -0.2) is 36.7 Å². The highest BCUT2D eigenvalue weighted by atomic mass is 16.5. The summed E-state index contributed by atoms with van der Waals surface area (Å²) in [5.74, 6) is -5.68. The second-order valence-electron chi connectivity index (χ2n) is 2.89. The van der Waals surface area contributed by atoms with E-state index in [4.69, 9.17) is 0 Å². The standard InChI is InChI=1S/C10H14O6/c1-4-15-9(13)7(11)6(3)8(12)10(14)16-5-2/h6H,4-5H2,1-3H3. The molecule has 90 valence electrons. The van der Waals surface area contributed by atoms with Crippen LogP contribution in [0.25, 0.3) is 0 Å². The highest BCUT2D eigenvalue weighted by Gasteiger charge is 2.33. The summed E-state index contributed by atoms with van der Waals surface area (Å²) in [6.45, 7) is 4.29. The van der Waals surface area contributed by atoms with Gasteiger partial charge in [-0.15, -0.1) is 0 Å². The largest absolute Gasteiger partial charge is 0.460 e. The second-order valence-corrected chi connectivity index (χ2v) is 2.89. The molecule has 0 aliphatic carbocycles. The van der Waals surface area contributed by atoms with Crippen LogP contribution in [0, 0.1) is 5.92 Å². The summed E-state index contributed by atoms with van der Waals surface area (Å²) in [6, 6.07) is 0. The third-order valence-electron chi connectivity index (χ3n) is 1.74. The predicted molar refractivity (Wildman–Crippen MR) is 52.4 cm³/mol. The molecular formula is C10H14O6. The van der Waals surface area contributed by atoms with Crippen molar-refractivity contribution in [1.29, 1.82) is 0 Å². The third-order valence-corrected chi connectivity index (χ3v) is 1.74. The van der Waals surface area contributed by atoms with E-state index in [9.17, 15) is 19.2 Å². The van der Waals surface area contributed by atoms with Gasteiger partial charge in [0.25, 0.3) is 11.6 Å². The molecule has 16 heavy (non-hydrogen) atoms. The van der Waals surface area contributed by atoms with Gasteiger partial charge in [0.15, 0.2) is 0 Å². The van der Waals surface area contributed by atoms with E-state index in [2.05, 4.69) is 9.47 Å². The predicted octanol–water partition coefficient (Wildman–Crippen LogP) is -0.113. The average molecular weight is 230 g/mol. The molecule has 0 atom stereocenters. The maximum atomic E-state index is 11.3. The molecule has 0 saturated heterocycles. The number of Topliss-reactive ketones (excluding diaryl/α,β-unsaturated/α-hetero) is 2. The van der Waals surface area contributed by atoms with E-state index in [0.717, 1.165) is 0 Å². The summed E-state index contributed by atoms with van der Waals surface area (Å²) < 4.78 is 8.84. The summed E-state index contributed by atoms with van der Waals surface area (Å²) in [4.78, 5) is 44.5. The first kappa shape index (κ1) is 14.3. The van der Waals surface area contributed by atoms with E-state index in [1.165, 1.54) is 20.8 Å². The second kappa shape index (κ2) is 6.71. The Hall–Kier alpha value is -1.72. The van der Waals surface area contributed by atoms with Crippen LogP contribution in [0.2, 0.25) is 0 Å². The van der Waals surface area contributed by atoms with Gasteiger partial charge in [0.2, 0.25) is 0 Å². The molecule has 0 aliphatic rings. The minimum absolute atomic E-state index is 0.0326. The van der Waals surface area contributed by atoms with Crippen LogP contribution in [0.4, 0.5) is 0 Å². The molecule has 0 unspecified atom stereocenters. The lowest BCUT2D eigenvalue weighted by molar-refractivity contribution is -0.161. The molecule has 0 heterocycles. The van der Waals surface area contributed by atoms with E-state index < -0.39 is 29.4 Å². The summed E-state index contributed by atoms with van der Waals surface area (Å²) in [5.41, 5.74) is 0. The molecule has 0 N–H and O–H groups in total. The topological polar surface area (TPSA) is 86.7 Å². The molecule has 0 rings (SSSR count). The van der Waals surface area contributed by atoms with Gasteiger partial charge in [-0.1, -0.05) is 0 Å². The van der Waals surface area contributed by atoms with Gasteiger partial charge in [-0.25, -0.2) is 9.59 Å². The number of ketones is 2. The zero-order valence-corrected chi connectivity index (χ0v) is 9.44. The van der Waals surface area contributed by atoms with Gasteiger partial charge in [-0.2, -0.15) is 0 Å². The molecule has 0 fully saturated rings. The van der Waals surface area contributed by atoms with E-state index in [-0.39, 0.29) is 13.2 Å². The summed E-state index contributed by atoms with van der Waals surface area (Å²) in [5, 5.41) is 0. The van der Waals surface area contributed by atoms with Gasteiger partial charge in [0, 0.05) is 0 Å². The Bertz CT molecular complexity index is 276. The Kier molecular flexibility index (Phi) is 5.99. The molecular weight excluding hydrogens is 216 g/mol. The van der Waals surface area contributed by atoms with E-state index >= 15 is 0 Å². The first-order valence-corrected chi connectivity index (χ1v) is 4.87. The fourth-order valence-electron chi connectivity index (χ4n) is 0.877. The van der Waals surface area contributed by atoms with Crippen molar-refractivity contribution in [1.82, 2.24) is 0 Å². The lowest BCUT2D eigenvalue weighted by Gasteiger charge is -2.07. The van der Waals surface area contributed by atoms with Crippen LogP contribution in [0.15, 0.2) is 0 Å². The van der Waals surface area contributed by atoms with Crippen LogP contribution in [0.3, 0.4) is 0 Å². The molecule has 0 bridgehead atoms. The molecule has 0 aliphatic heterocycles. The molecule has 6 nitrogen and oxygen atoms in total. The molecule has 0 spiro atoms. The Labute approximate surface area is 92.9 Å². The Morgan fingerprint density at radius 3 is 1.44 bits per heavy atom. The highest BCUT2D eigenvalue weighted by Crippen LogP contribution is 2.03. The number of ether oxygens (including phenoxy) is 2. The zero-order chi connectivity index (χ0) is 12.7. The molecule has 0 radical (unpaired) electrons. The fourth-order valence-corrected chi connectivity index (χ4v) is 0.877. The van der Waals surface area contributed by atoms with Crippen molar-refractivity contribution in [3.05, 3.63) is 0 Å². The van der Waals surface area contributed by atoms with Gasteiger partial charge in [0.1, 0.15) is 0 Å². The van der Waals surface area contributed by atoms with Crippen molar-refractivity contribution in [3.63, 3.8) is 0 Å². The van der Waals surface area contributed by atoms with Crippen molar-refractivity contribution < 1.29 is 28.7 Å². The molecule has 0 amide bonds. The fraction of sp³-hybridized carbons (Fsp3) is 0.600. The normalized spacial score (nSPS) is 9.75. The van der Waals surface area contributed by atoms with Crippen LogP contribution in [0.5, 0.6) is 0 Å². The van der Waals surface area contributed by atoms with Gasteiger partial charge in [-0.05, 0) is 20.8 Å². The van der Waals surface area contributed by atoms with Crippen LogP contribution in [0.1, 0.15) is 20.8 Å². The quantitative estimate of drug-likeness (QED) is 0.359. The van der Waals surface area contributed by atoms with Crippen molar-refractivity contribution in [2.24, 2.45) is 5.92 Å². The van der Waals surface area contributed by atoms with Crippen LogP contribution >= 0.6 is 0 Å². The number of carbonyl (C=O) groups excluding carboxylic acids is 4. The van der Waals surface area contributed by atoms with E-state index in [1.54, 1.807) is 0 Å². The highest BCUT2D eigenvalue weighted by molar-refractivity contribution is 6.47. The van der Waals surface area contributed by atoms with Gasteiger partial charge >= 0.3 is 11.9 Å². The van der Waals surface area contributed by atoms with E-state index in [0.29, 0.717) is 0 Å². The van der Waals surface area contributed by atoms with Crippen LogP contribution in [-0.2, 0) is 28.7 Å². The number of hydrogen-bond donors (Lipinski definition) is 0. The molecule has 0 aromatic rings. The monoisotopic (exact) mass is 230 g/mol. The molecule has 0 aromatic heterocycles. The van der Waals surface area contributed by atoms with Gasteiger partial charge in [0.05, 0.1) is 19.1 Å². The summed E-state index contributed by atoms with van der Waals surface area (Å²) in [7, 11) is 0. The van der Waals surface area contributed by atoms with Crippen molar-refractivity contribution >= 4 is 23.5 Å². The third kappa shape index (κ3) is 3.80. The maximum absolute atomic E-state index is 11.3. The van der Waals surface area contributed by atoms with Crippen molar-refractivity contribution in [2.45, 2.75) is 20.8 Å². The van der Waals surface area contributed by atoms with E-state index in [1.807, 2.05) is 0 Å². The first-order valence-electron chi connectivity index (χ1n) is 4.87. The Morgan fingerprint density at radius 2 is 1.19 bits per heavy atom. The first-order chi connectivity index (χ1) is 7.45. The lowest BCUT2D eigenvalue weighted by atomic mass is 10.0. The summed E-state index contributed by atoms with van der Waals surface area (Å²) >= 11 is 0. The smallest absolute Gasteiger partial charge is 0.375 e. The molecule has 0 aromatic carbocycles. The number of esters is 2. The lowest BCUT2D eigenvalue weighted by Crippen LogP contribution is -2.34. The van der Waals surface area contributed by atoms with Crippen LogP contribution < -0.4 is 0 Å². The SMILES string of the molecule is CCOC(=O)C(=O)C(C)C(=O)C(=O)OCC. The molecule has 0 saturated carbocycles. The van der Waals surface area contributed by atoms with Gasteiger partial charge in [-0.3, -0.25) is 9.59 Å². The Morgan fingerprint density at radius 1 is 0.875 bits per heavy atom. The maximum Gasteiger partial charge on any atom is 0.375 e. The van der Waals surface area contributed by atoms with Crippen molar-refractivity contribution in [2.75, 3.05) is 13.2 Å². The average Bonchev–Trinajstić information content (AvgIpc) is 2.26. The Balaban J connectivity index is 4.49. The van der Waals surface area contributed by atoms with Gasteiger partial charge < -0.3 is 9.47 Å². The molecule has 6 heteroatoms. The number of carbonyl (C=O) groups is 4. The zero-order valence-electron chi connectivity index (χ0n) is 9.44.